The van der Waals surface area contributed by atoms with Crippen molar-refractivity contribution in [3.8, 4) is 77.9 Å². The van der Waals surface area contributed by atoms with E-state index in [0.29, 0.717) is 0 Å². The number of benzene rings is 14. The highest BCUT2D eigenvalue weighted by Crippen LogP contribution is 2.48. The third kappa shape index (κ3) is 7.01. The molecule has 15 aromatic rings. The van der Waals surface area contributed by atoms with Crippen LogP contribution in [0.2, 0.25) is 0 Å². The summed E-state index contributed by atoms with van der Waals surface area (Å²) in [7, 11) is 0. The number of para-hydroxylation sites is 1. The van der Waals surface area contributed by atoms with Crippen molar-refractivity contribution in [2.24, 2.45) is 0 Å². The minimum Gasteiger partial charge on any atom is -0.455 e. The molecular formula is C74H46O. The molecule has 0 radical (unpaired) electrons. The van der Waals surface area contributed by atoms with E-state index in [9.17, 15) is 0 Å². The molecule has 348 valence electrons. The van der Waals surface area contributed by atoms with Crippen molar-refractivity contribution in [1.29, 1.82) is 0 Å². The fourth-order valence-corrected chi connectivity index (χ4v) is 12.3. The molecule has 0 saturated carbocycles. The average Bonchev–Trinajstić information content (AvgIpc) is 3.86. The Morgan fingerprint density at radius 2 is 0.533 bits per heavy atom. The van der Waals surface area contributed by atoms with Crippen LogP contribution in [0, 0.1) is 0 Å². The first-order chi connectivity index (χ1) is 37.2. The Morgan fingerprint density at radius 3 is 1.00 bits per heavy atom. The molecule has 1 heterocycles. The molecule has 0 aliphatic heterocycles. The van der Waals surface area contributed by atoms with Crippen LogP contribution in [-0.4, -0.2) is 0 Å². The van der Waals surface area contributed by atoms with Gasteiger partial charge in [-0.25, -0.2) is 0 Å². The van der Waals surface area contributed by atoms with Crippen molar-refractivity contribution in [2.45, 2.75) is 0 Å². The van der Waals surface area contributed by atoms with Gasteiger partial charge in [0.15, 0.2) is 0 Å². The Morgan fingerprint density at radius 1 is 0.187 bits per heavy atom. The number of fused-ring (bicyclic) bond motifs is 8. The van der Waals surface area contributed by atoms with Crippen molar-refractivity contribution < 1.29 is 4.42 Å². The fraction of sp³-hybridized carbons (Fsp3) is 0. The highest BCUT2D eigenvalue weighted by molar-refractivity contribution is 6.24. The molecule has 0 atom stereocenters. The zero-order valence-electron chi connectivity index (χ0n) is 41.0. The summed E-state index contributed by atoms with van der Waals surface area (Å²) in [4.78, 5) is 0. The van der Waals surface area contributed by atoms with Gasteiger partial charge in [0.05, 0.1) is 0 Å². The molecule has 0 aliphatic carbocycles. The summed E-state index contributed by atoms with van der Waals surface area (Å²) in [6.45, 7) is 0. The van der Waals surface area contributed by atoms with Crippen LogP contribution in [0.5, 0.6) is 0 Å². The average molecular weight is 951 g/mol. The maximum atomic E-state index is 6.66. The second kappa shape index (κ2) is 17.4. The van der Waals surface area contributed by atoms with E-state index in [1.807, 2.05) is 0 Å². The molecule has 1 aromatic heterocycles. The summed E-state index contributed by atoms with van der Waals surface area (Å²) in [6, 6.07) is 102. The Kier molecular flexibility index (Phi) is 9.96. The third-order valence-electron chi connectivity index (χ3n) is 15.6. The van der Waals surface area contributed by atoms with E-state index in [1.165, 1.54) is 121 Å². The molecule has 1 nitrogen and oxygen atoms in total. The zero-order chi connectivity index (χ0) is 49.4. The molecule has 0 fully saturated rings. The smallest absolute Gasteiger partial charge is 0.143 e. The van der Waals surface area contributed by atoms with Crippen molar-refractivity contribution in [2.75, 3.05) is 0 Å². The maximum Gasteiger partial charge on any atom is 0.143 e. The molecule has 0 bridgehead atoms. The maximum absolute atomic E-state index is 6.66. The van der Waals surface area contributed by atoms with E-state index in [0.717, 1.165) is 33.1 Å². The summed E-state index contributed by atoms with van der Waals surface area (Å²) in [5, 5.41) is 14.5. The molecule has 0 spiro atoms. The molecule has 14 aromatic carbocycles. The van der Waals surface area contributed by atoms with Crippen LogP contribution < -0.4 is 0 Å². The predicted octanol–water partition coefficient (Wildman–Crippen LogP) is 21.0. The lowest BCUT2D eigenvalue weighted by atomic mass is 9.84. The molecule has 0 aliphatic rings. The van der Waals surface area contributed by atoms with Crippen LogP contribution in [0.3, 0.4) is 0 Å². The summed E-state index contributed by atoms with van der Waals surface area (Å²) < 4.78 is 6.66. The Labute approximate surface area is 434 Å². The van der Waals surface area contributed by atoms with Gasteiger partial charge in [0.1, 0.15) is 11.2 Å². The molecule has 1 heteroatoms. The molecular weight excluding hydrogens is 905 g/mol. The predicted molar refractivity (Wildman–Crippen MR) is 319 cm³/mol. The second-order valence-corrected chi connectivity index (χ2v) is 19.8. The molecule has 0 unspecified atom stereocenters. The van der Waals surface area contributed by atoms with Gasteiger partial charge in [-0.3, -0.25) is 0 Å². The van der Waals surface area contributed by atoms with E-state index >= 15 is 0 Å². The first-order valence-electron chi connectivity index (χ1n) is 25.9. The van der Waals surface area contributed by atoms with Crippen LogP contribution in [0.25, 0.3) is 154 Å². The van der Waals surface area contributed by atoms with Crippen molar-refractivity contribution in [3.63, 3.8) is 0 Å². The largest absolute Gasteiger partial charge is 0.455 e. The monoisotopic (exact) mass is 950 g/mol. The van der Waals surface area contributed by atoms with Crippen LogP contribution >= 0.6 is 0 Å². The van der Waals surface area contributed by atoms with Crippen LogP contribution in [0.15, 0.2) is 283 Å². The van der Waals surface area contributed by atoms with Gasteiger partial charge in [-0.15, -0.1) is 0 Å². The lowest BCUT2D eigenvalue weighted by molar-refractivity contribution is 0.670. The van der Waals surface area contributed by atoms with Gasteiger partial charge >= 0.3 is 0 Å². The van der Waals surface area contributed by atoms with E-state index < -0.39 is 0 Å². The Hall–Kier alpha value is -9.82. The lowest BCUT2D eigenvalue weighted by Gasteiger charge is -2.19. The summed E-state index contributed by atoms with van der Waals surface area (Å²) in [5.41, 5.74) is 18.6. The normalized spacial score (nSPS) is 11.7. The minimum absolute atomic E-state index is 0.887. The highest BCUT2D eigenvalue weighted by atomic mass is 16.3. The highest BCUT2D eigenvalue weighted by Gasteiger charge is 2.22. The number of furan rings is 1. The second-order valence-electron chi connectivity index (χ2n) is 19.8. The fourth-order valence-electron chi connectivity index (χ4n) is 12.3. The number of hydrogen-bond donors (Lipinski definition) is 0. The minimum atomic E-state index is 0.887. The van der Waals surface area contributed by atoms with E-state index in [2.05, 4.69) is 279 Å². The van der Waals surface area contributed by atoms with Gasteiger partial charge in [0.25, 0.3) is 0 Å². The van der Waals surface area contributed by atoms with Gasteiger partial charge in [-0.2, -0.15) is 0 Å². The first kappa shape index (κ1) is 42.8. The number of hydrogen-bond acceptors (Lipinski definition) is 1. The van der Waals surface area contributed by atoms with Gasteiger partial charge in [0, 0.05) is 16.3 Å². The van der Waals surface area contributed by atoms with Crippen molar-refractivity contribution in [1.82, 2.24) is 0 Å². The van der Waals surface area contributed by atoms with E-state index in [-0.39, 0.29) is 0 Å². The third-order valence-corrected chi connectivity index (χ3v) is 15.6. The summed E-state index contributed by atoms with van der Waals surface area (Å²) in [5.74, 6) is 0. The van der Waals surface area contributed by atoms with E-state index in [1.54, 1.807) is 0 Å². The topological polar surface area (TPSA) is 13.1 Å². The van der Waals surface area contributed by atoms with E-state index in [4.69, 9.17) is 4.42 Å². The zero-order valence-corrected chi connectivity index (χ0v) is 41.0. The van der Waals surface area contributed by atoms with Crippen LogP contribution in [0.1, 0.15) is 0 Å². The lowest BCUT2D eigenvalue weighted by Crippen LogP contribution is -1.93. The molecule has 75 heavy (non-hydrogen) atoms. The van der Waals surface area contributed by atoms with Crippen molar-refractivity contribution >= 4 is 75.8 Å². The Bertz CT molecular complexity index is 4640. The van der Waals surface area contributed by atoms with Gasteiger partial charge in [-0.05, 0) is 163 Å². The molecule has 0 amide bonds. The van der Waals surface area contributed by atoms with Gasteiger partial charge < -0.3 is 4.42 Å². The van der Waals surface area contributed by atoms with Gasteiger partial charge in [0.2, 0.25) is 0 Å². The van der Waals surface area contributed by atoms with Crippen molar-refractivity contribution in [3.05, 3.63) is 279 Å². The standard InChI is InChI=1S/C74H46O/c1-3-20-47(21-4-1)56-38-19-39-65-68-46-55(40-41-69(68)75-74(56)65)73-63-36-15-13-34-61(63)72(62-35-14-16-37-64(62)73)54-29-18-27-52(43-54)67-45-50-25-8-7-24-49(50)44-66(67)51-26-17-28-53(42-51)71-59-32-11-9-30-57(59)70(48-22-5-2-6-23-48)58-31-10-12-33-60(58)71/h1-46H. The quantitative estimate of drug-likeness (QED) is 0.145. The summed E-state index contributed by atoms with van der Waals surface area (Å²) in [6.07, 6.45) is 0. The Balaban J connectivity index is 0.899. The summed E-state index contributed by atoms with van der Waals surface area (Å²) >= 11 is 0. The molecule has 15 rings (SSSR count). The van der Waals surface area contributed by atoms with Gasteiger partial charge in [-0.1, -0.05) is 243 Å². The first-order valence-corrected chi connectivity index (χ1v) is 25.9. The molecule has 0 saturated heterocycles. The van der Waals surface area contributed by atoms with Crippen LogP contribution in [0.4, 0.5) is 0 Å². The molecule has 0 N–H and O–H groups in total. The number of rotatable bonds is 7. The SMILES string of the molecule is c1ccc(-c2c3ccccc3c(-c3cccc(-c4cc5ccccc5cc4-c4cccc(-c5c6ccccc6c(-c6ccc7oc8c(-c9ccccc9)cccc8c7c6)c6ccccc56)c4)c3)c3ccccc23)cc1. The van der Waals surface area contributed by atoms with Crippen LogP contribution in [-0.2, 0) is 0 Å².